The summed E-state index contributed by atoms with van der Waals surface area (Å²) in [7, 11) is 1.61. The Kier molecular flexibility index (Phi) is 1.73. The van der Waals surface area contributed by atoms with Gasteiger partial charge in [0.1, 0.15) is 5.69 Å². The second-order valence-corrected chi connectivity index (χ2v) is 2.66. The number of nitrogens with zero attached hydrogens (tertiary/aromatic N) is 2. The summed E-state index contributed by atoms with van der Waals surface area (Å²) < 4.78 is 6.41. The average molecular weight is 176 g/mol. The third kappa shape index (κ3) is 1.38. The molecule has 0 saturated heterocycles. The third-order valence-electron chi connectivity index (χ3n) is 1.73. The molecule has 0 unspecified atom stereocenters. The van der Waals surface area contributed by atoms with Gasteiger partial charge in [-0.05, 0) is 18.2 Å². The summed E-state index contributed by atoms with van der Waals surface area (Å²) in [5.74, 6) is 0.663. The van der Waals surface area contributed by atoms with E-state index in [9.17, 15) is 4.79 Å². The molecule has 2 aromatic rings. The van der Waals surface area contributed by atoms with E-state index in [4.69, 9.17) is 4.42 Å². The van der Waals surface area contributed by atoms with Crippen molar-refractivity contribution in [2.24, 2.45) is 7.05 Å². The summed E-state index contributed by atoms with van der Waals surface area (Å²) in [6, 6.07) is 6.68. The summed E-state index contributed by atoms with van der Waals surface area (Å²) in [4.78, 5) is 11.0. The highest BCUT2D eigenvalue weighted by Gasteiger charge is 2.02. The first-order valence-corrected chi connectivity index (χ1v) is 3.85. The number of aromatic nitrogens is 2. The summed E-state index contributed by atoms with van der Waals surface area (Å²) in [6.07, 6.45) is 1.57. The van der Waals surface area contributed by atoms with Crippen LogP contribution in [0.2, 0.25) is 0 Å². The smallest absolute Gasteiger partial charge is 0.266 e. The maximum atomic E-state index is 11.0. The van der Waals surface area contributed by atoms with Crippen LogP contribution in [-0.2, 0) is 7.05 Å². The quantitative estimate of drug-likeness (QED) is 0.652. The molecule has 0 spiro atoms. The normalized spacial score (nSPS) is 10.2. The number of hydrogen-bond acceptors (Lipinski definition) is 3. The van der Waals surface area contributed by atoms with E-state index in [1.165, 1.54) is 10.7 Å². The molecule has 4 nitrogen and oxygen atoms in total. The van der Waals surface area contributed by atoms with Gasteiger partial charge in [-0.1, -0.05) is 0 Å². The highest BCUT2D eigenvalue weighted by atomic mass is 16.3. The van der Waals surface area contributed by atoms with E-state index in [0.29, 0.717) is 11.5 Å². The number of aryl methyl sites for hydroxylation is 1. The maximum absolute atomic E-state index is 11.0. The zero-order chi connectivity index (χ0) is 9.26. The summed E-state index contributed by atoms with van der Waals surface area (Å²) in [5.41, 5.74) is 0.530. The molecule has 0 atom stereocenters. The van der Waals surface area contributed by atoms with Crippen molar-refractivity contribution in [3.63, 3.8) is 0 Å². The predicted molar refractivity (Wildman–Crippen MR) is 47.2 cm³/mol. The molecule has 0 saturated carbocycles. The minimum absolute atomic E-state index is 0.129. The van der Waals surface area contributed by atoms with Crippen molar-refractivity contribution >= 4 is 0 Å². The fourth-order valence-electron chi connectivity index (χ4n) is 1.06. The molecular weight excluding hydrogens is 168 g/mol. The summed E-state index contributed by atoms with van der Waals surface area (Å²) in [5, 5.41) is 4.03. The number of furan rings is 1. The summed E-state index contributed by atoms with van der Waals surface area (Å²) >= 11 is 0. The van der Waals surface area contributed by atoms with Crippen LogP contribution in [0.1, 0.15) is 0 Å². The molecule has 0 fully saturated rings. The molecule has 0 N–H and O–H groups in total. The van der Waals surface area contributed by atoms with Gasteiger partial charge in [0.2, 0.25) is 0 Å². The first kappa shape index (κ1) is 7.79. The monoisotopic (exact) mass is 176 g/mol. The molecule has 0 bridgehead atoms. The third-order valence-corrected chi connectivity index (χ3v) is 1.73. The van der Waals surface area contributed by atoms with E-state index < -0.39 is 0 Å². The van der Waals surface area contributed by atoms with Gasteiger partial charge < -0.3 is 4.42 Å². The first-order valence-electron chi connectivity index (χ1n) is 3.85. The van der Waals surface area contributed by atoms with Gasteiger partial charge in [-0.25, -0.2) is 4.68 Å². The predicted octanol–water partition coefficient (Wildman–Crippen LogP) is 1.04. The summed E-state index contributed by atoms with van der Waals surface area (Å²) in [6.45, 7) is 0. The van der Waals surface area contributed by atoms with Crippen LogP contribution in [0.15, 0.2) is 39.7 Å². The lowest BCUT2D eigenvalue weighted by Gasteiger charge is -1.97. The van der Waals surface area contributed by atoms with Crippen LogP contribution in [0.4, 0.5) is 0 Å². The van der Waals surface area contributed by atoms with Crippen molar-refractivity contribution in [1.29, 1.82) is 0 Å². The molecule has 2 aromatic heterocycles. The fraction of sp³-hybridized carbons (Fsp3) is 0.111. The number of rotatable bonds is 1. The molecule has 0 aliphatic heterocycles. The molecule has 0 amide bonds. The highest BCUT2D eigenvalue weighted by molar-refractivity contribution is 5.50. The maximum Gasteiger partial charge on any atom is 0.266 e. The average Bonchev–Trinajstić information content (AvgIpc) is 2.62. The van der Waals surface area contributed by atoms with Crippen LogP contribution in [0.3, 0.4) is 0 Å². The van der Waals surface area contributed by atoms with Crippen molar-refractivity contribution in [2.45, 2.75) is 0 Å². The zero-order valence-electron chi connectivity index (χ0n) is 7.10. The molecule has 13 heavy (non-hydrogen) atoms. The molecule has 0 aliphatic rings. The van der Waals surface area contributed by atoms with Gasteiger partial charge in [-0.3, -0.25) is 4.79 Å². The van der Waals surface area contributed by atoms with E-state index in [-0.39, 0.29) is 5.56 Å². The molecule has 0 radical (unpaired) electrons. The van der Waals surface area contributed by atoms with Crippen molar-refractivity contribution in [1.82, 2.24) is 9.78 Å². The van der Waals surface area contributed by atoms with E-state index in [2.05, 4.69) is 5.10 Å². The van der Waals surface area contributed by atoms with Gasteiger partial charge in [0.05, 0.1) is 6.26 Å². The van der Waals surface area contributed by atoms with E-state index in [1.807, 2.05) is 0 Å². The topological polar surface area (TPSA) is 48.0 Å². The molecule has 66 valence electrons. The Morgan fingerprint density at radius 3 is 2.85 bits per heavy atom. The van der Waals surface area contributed by atoms with Gasteiger partial charge in [0, 0.05) is 13.1 Å². The van der Waals surface area contributed by atoms with Gasteiger partial charge in [0.25, 0.3) is 5.56 Å². The second kappa shape index (κ2) is 2.90. The van der Waals surface area contributed by atoms with Crippen LogP contribution >= 0.6 is 0 Å². The van der Waals surface area contributed by atoms with Gasteiger partial charge in [-0.2, -0.15) is 5.10 Å². The standard InChI is InChI=1S/C9H8N2O2/c1-11-9(12)5-4-7(10-11)8-3-2-6-13-8/h2-6H,1H3. The Morgan fingerprint density at radius 2 is 2.23 bits per heavy atom. The molecule has 2 heterocycles. The van der Waals surface area contributed by atoms with Crippen LogP contribution in [0.5, 0.6) is 0 Å². The second-order valence-electron chi connectivity index (χ2n) is 2.66. The lowest BCUT2D eigenvalue weighted by atomic mass is 10.3. The molecular formula is C9H8N2O2. The lowest BCUT2D eigenvalue weighted by Crippen LogP contribution is -2.18. The molecule has 0 aromatic carbocycles. The zero-order valence-corrected chi connectivity index (χ0v) is 7.10. The SMILES string of the molecule is Cn1nc(-c2ccco2)ccc1=O. The van der Waals surface area contributed by atoms with Crippen LogP contribution < -0.4 is 5.56 Å². The van der Waals surface area contributed by atoms with Crippen molar-refractivity contribution < 1.29 is 4.42 Å². The van der Waals surface area contributed by atoms with Gasteiger partial charge in [-0.15, -0.1) is 0 Å². The minimum atomic E-state index is -0.129. The minimum Gasteiger partial charge on any atom is -0.463 e. The van der Waals surface area contributed by atoms with Gasteiger partial charge >= 0.3 is 0 Å². The molecule has 2 rings (SSSR count). The van der Waals surface area contributed by atoms with Crippen molar-refractivity contribution in [3.05, 3.63) is 40.9 Å². The largest absolute Gasteiger partial charge is 0.463 e. The first-order chi connectivity index (χ1) is 6.27. The Balaban J connectivity index is 2.55. The highest BCUT2D eigenvalue weighted by Crippen LogP contribution is 2.14. The van der Waals surface area contributed by atoms with Crippen LogP contribution in [-0.4, -0.2) is 9.78 Å². The number of hydrogen-bond donors (Lipinski definition) is 0. The van der Waals surface area contributed by atoms with E-state index in [1.54, 1.807) is 31.5 Å². The molecule has 0 aliphatic carbocycles. The molecule has 4 heteroatoms. The Morgan fingerprint density at radius 1 is 1.38 bits per heavy atom. The van der Waals surface area contributed by atoms with Crippen molar-refractivity contribution in [2.75, 3.05) is 0 Å². The van der Waals surface area contributed by atoms with Crippen LogP contribution in [0, 0.1) is 0 Å². The van der Waals surface area contributed by atoms with Crippen molar-refractivity contribution in [3.8, 4) is 11.5 Å². The Hall–Kier alpha value is -1.84. The van der Waals surface area contributed by atoms with Gasteiger partial charge in [0.15, 0.2) is 5.76 Å². The van der Waals surface area contributed by atoms with E-state index in [0.717, 1.165) is 0 Å². The Labute approximate surface area is 74.4 Å². The lowest BCUT2D eigenvalue weighted by molar-refractivity contribution is 0.574. The Bertz CT molecular complexity index is 457. The fourth-order valence-corrected chi connectivity index (χ4v) is 1.06. The van der Waals surface area contributed by atoms with Crippen LogP contribution in [0.25, 0.3) is 11.5 Å². The van der Waals surface area contributed by atoms with E-state index >= 15 is 0 Å².